The lowest BCUT2D eigenvalue weighted by Crippen LogP contribution is -2.25. The zero-order valence-corrected chi connectivity index (χ0v) is 13.2. The van der Waals surface area contributed by atoms with Crippen LogP contribution in [0.15, 0.2) is 24.3 Å². The average molecular weight is 297 g/mol. The van der Waals surface area contributed by atoms with E-state index < -0.39 is 0 Å². The van der Waals surface area contributed by atoms with Gasteiger partial charge in [-0.2, -0.15) is 0 Å². The van der Waals surface area contributed by atoms with Gasteiger partial charge in [0, 0.05) is 17.1 Å². The van der Waals surface area contributed by atoms with Gasteiger partial charge in [-0.15, -0.1) is 0 Å². The molecular weight excluding hydrogens is 272 g/mol. The van der Waals surface area contributed by atoms with Crippen molar-refractivity contribution < 1.29 is 4.79 Å². The van der Waals surface area contributed by atoms with E-state index in [4.69, 9.17) is 11.6 Å². The zero-order chi connectivity index (χ0) is 14.8. The molecule has 1 rings (SSSR count). The van der Waals surface area contributed by atoms with Gasteiger partial charge in [0.2, 0.25) is 0 Å². The molecule has 0 spiro atoms. The topological polar surface area (TPSA) is 32.3 Å². The number of nitrogens with zero attached hydrogens (tertiary/aromatic N) is 1. The van der Waals surface area contributed by atoms with Crippen molar-refractivity contribution in [1.29, 1.82) is 0 Å². The van der Waals surface area contributed by atoms with Gasteiger partial charge in [0.1, 0.15) is 0 Å². The molecule has 4 heteroatoms. The summed E-state index contributed by atoms with van der Waals surface area (Å²) in [6.45, 7) is 8.48. The van der Waals surface area contributed by atoms with Gasteiger partial charge in [-0.25, -0.2) is 0 Å². The number of carbonyl (C=O) groups is 1. The predicted molar refractivity (Wildman–Crippen MR) is 85.4 cm³/mol. The Morgan fingerprint density at radius 1 is 1.20 bits per heavy atom. The van der Waals surface area contributed by atoms with Gasteiger partial charge in [-0.05, 0) is 50.7 Å². The maximum Gasteiger partial charge on any atom is 0.251 e. The number of carbonyl (C=O) groups excluding carboxylic acids is 1. The van der Waals surface area contributed by atoms with Crippen molar-refractivity contribution >= 4 is 17.5 Å². The standard InChI is InChI=1S/C16H25ClN2O/c1-3-19(4-2)12-7-5-6-11-18-16(20)14-9-8-10-15(17)13-14/h8-10,13H,3-7,11-12H2,1-2H3,(H,18,20). The van der Waals surface area contributed by atoms with Crippen LogP contribution < -0.4 is 5.32 Å². The molecule has 1 N–H and O–H groups in total. The Morgan fingerprint density at radius 3 is 2.60 bits per heavy atom. The minimum atomic E-state index is -0.0451. The van der Waals surface area contributed by atoms with Crippen molar-refractivity contribution in [3.05, 3.63) is 34.9 Å². The summed E-state index contributed by atoms with van der Waals surface area (Å²) < 4.78 is 0. The van der Waals surface area contributed by atoms with Crippen LogP contribution in [0.4, 0.5) is 0 Å². The lowest BCUT2D eigenvalue weighted by molar-refractivity contribution is 0.0953. The molecule has 0 fully saturated rings. The summed E-state index contributed by atoms with van der Waals surface area (Å²) in [4.78, 5) is 14.3. The summed E-state index contributed by atoms with van der Waals surface area (Å²) in [7, 11) is 0. The van der Waals surface area contributed by atoms with E-state index in [0.717, 1.165) is 39.0 Å². The van der Waals surface area contributed by atoms with Gasteiger partial charge in [-0.1, -0.05) is 37.9 Å². The smallest absolute Gasteiger partial charge is 0.251 e. The van der Waals surface area contributed by atoms with E-state index in [1.54, 1.807) is 24.3 Å². The molecule has 3 nitrogen and oxygen atoms in total. The van der Waals surface area contributed by atoms with E-state index in [0.29, 0.717) is 10.6 Å². The minimum Gasteiger partial charge on any atom is -0.352 e. The Kier molecular flexibility index (Phi) is 8.31. The molecule has 0 heterocycles. The Morgan fingerprint density at radius 2 is 1.95 bits per heavy atom. The summed E-state index contributed by atoms with van der Waals surface area (Å²) in [6.07, 6.45) is 3.36. The highest BCUT2D eigenvalue weighted by atomic mass is 35.5. The molecule has 0 aromatic heterocycles. The molecule has 0 aliphatic heterocycles. The summed E-state index contributed by atoms with van der Waals surface area (Å²) >= 11 is 5.86. The molecule has 20 heavy (non-hydrogen) atoms. The minimum absolute atomic E-state index is 0.0451. The van der Waals surface area contributed by atoms with Crippen molar-refractivity contribution in [3.63, 3.8) is 0 Å². The van der Waals surface area contributed by atoms with Crippen LogP contribution in [0.25, 0.3) is 0 Å². The maximum atomic E-state index is 11.9. The first-order valence-electron chi connectivity index (χ1n) is 7.43. The van der Waals surface area contributed by atoms with Crippen molar-refractivity contribution in [2.24, 2.45) is 0 Å². The van der Waals surface area contributed by atoms with Crippen LogP contribution in [0, 0.1) is 0 Å². The predicted octanol–water partition coefficient (Wildman–Crippen LogP) is 3.58. The van der Waals surface area contributed by atoms with Gasteiger partial charge in [0.25, 0.3) is 5.91 Å². The van der Waals surface area contributed by atoms with E-state index in [1.165, 1.54) is 6.42 Å². The molecule has 0 unspecified atom stereocenters. The van der Waals surface area contributed by atoms with Gasteiger partial charge in [0.05, 0.1) is 0 Å². The second-order valence-electron chi connectivity index (χ2n) is 4.85. The van der Waals surface area contributed by atoms with Crippen LogP contribution in [-0.4, -0.2) is 37.0 Å². The fourth-order valence-electron chi connectivity index (χ4n) is 2.11. The number of benzene rings is 1. The Balaban J connectivity index is 2.14. The van der Waals surface area contributed by atoms with E-state index in [1.807, 2.05) is 0 Å². The number of amides is 1. The van der Waals surface area contributed by atoms with Crippen LogP contribution >= 0.6 is 11.6 Å². The average Bonchev–Trinajstić information content (AvgIpc) is 2.46. The number of hydrogen-bond acceptors (Lipinski definition) is 2. The molecule has 0 aliphatic rings. The molecule has 0 bridgehead atoms. The number of nitrogens with one attached hydrogen (secondary N) is 1. The fourth-order valence-corrected chi connectivity index (χ4v) is 2.30. The summed E-state index contributed by atoms with van der Waals surface area (Å²) in [6, 6.07) is 7.03. The second kappa shape index (κ2) is 9.78. The largest absolute Gasteiger partial charge is 0.352 e. The summed E-state index contributed by atoms with van der Waals surface area (Å²) in [5.41, 5.74) is 0.626. The molecule has 0 saturated carbocycles. The Labute approximate surface area is 127 Å². The van der Waals surface area contributed by atoms with E-state index >= 15 is 0 Å². The third-order valence-electron chi connectivity index (χ3n) is 3.42. The molecule has 0 radical (unpaired) electrons. The zero-order valence-electron chi connectivity index (χ0n) is 12.5. The van der Waals surface area contributed by atoms with E-state index in [9.17, 15) is 4.79 Å². The number of unbranched alkanes of at least 4 members (excludes halogenated alkanes) is 2. The van der Waals surface area contributed by atoms with E-state index in [2.05, 4.69) is 24.1 Å². The van der Waals surface area contributed by atoms with Gasteiger partial charge < -0.3 is 10.2 Å². The molecule has 0 saturated heterocycles. The van der Waals surface area contributed by atoms with Crippen molar-refractivity contribution in [2.75, 3.05) is 26.2 Å². The molecule has 1 amide bonds. The molecule has 0 atom stereocenters. The van der Waals surface area contributed by atoms with Crippen LogP contribution in [0.2, 0.25) is 5.02 Å². The molecule has 112 valence electrons. The van der Waals surface area contributed by atoms with Crippen LogP contribution in [0.3, 0.4) is 0 Å². The lowest BCUT2D eigenvalue weighted by atomic mass is 10.2. The highest BCUT2D eigenvalue weighted by Gasteiger charge is 2.04. The van der Waals surface area contributed by atoms with Crippen LogP contribution in [0.1, 0.15) is 43.5 Å². The normalized spacial score (nSPS) is 10.8. The first-order chi connectivity index (χ1) is 9.67. The van der Waals surface area contributed by atoms with Crippen LogP contribution in [0.5, 0.6) is 0 Å². The number of halogens is 1. The first-order valence-corrected chi connectivity index (χ1v) is 7.81. The fraction of sp³-hybridized carbons (Fsp3) is 0.562. The monoisotopic (exact) mass is 296 g/mol. The third-order valence-corrected chi connectivity index (χ3v) is 3.65. The van der Waals surface area contributed by atoms with Gasteiger partial charge in [-0.3, -0.25) is 4.79 Å². The summed E-state index contributed by atoms with van der Waals surface area (Å²) in [5, 5.41) is 3.53. The summed E-state index contributed by atoms with van der Waals surface area (Å²) in [5.74, 6) is -0.0451. The first kappa shape index (κ1) is 17.0. The maximum absolute atomic E-state index is 11.9. The number of rotatable bonds is 9. The van der Waals surface area contributed by atoms with E-state index in [-0.39, 0.29) is 5.91 Å². The van der Waals surface area contributed by atoms with Crippen molar-refractivity contribution in [1.82, 2.24) is 10.2 Å². The van der Waals surface area contributed by atoms with Crippen LogP contribution in [-0.2, 0) is 0 Å². The SMILES string of the molecule is CCN(CC)CCCCCNC(=O)c1cccc(Cl)c1. The third kappa shape index (κ3) is 6.40. The molecular formula is C16H25ClN2O. The molecule has 1 aromatic carbocycles. The lowest BCUT2D eigenvalue weighted by Gasteiger charge is -2.17. The Hall–Kier alpha value is -1.06. The second-order valence-corrected chi connectivity index (χ2v) is 5.29. The van der Waals surface area contributed by atoms with Crippen molar-refractivity contribution in [2.45, 2.75) is 33.1 Å². The highest BCUT2D eigenvalue weighted by molar-refractivity contribution is 6.30. The van der Waals surface area contributed by atoms with Gasteiger partial charge >= 0.3 is 0 Å². The number of hydrogen-bond donors (Lipinski definition) is 1. The highest BCUT2D eigenvalue weighted by Crippen LogP contribution is 2.10. The van der Waals surface area contributed by atoms with Crippen molar-refractivity contribution in [3.8, 4) is 0 Å². The molecule has 1 aromatic rings. The Bertz CT molecular complexity index is 405. The van der Waals surface area contributed by atoms with Gasteiger partial charge in [0.15, 0.2) is 0 Å². The molecule has 0 aliphatic carbocycles. The quantitative estimate of drug-likeness (QED) is 0.706.